The highest BCUT2D eigenvalue weighted by Gasteiger charge is 2.29. The summed E-state index contributed by atoms with van der Waals surface area (Å²) >= 11 is 17.5. The Hall–Kier alpha value is -1.45. The highest BCUT2D eigenvalue weighted by Crippen LogP contribution is 2.36. The number of alkyl halides is 2. The molecule has 28 heavy (non-hydrogen) atoms. The van der Waals surface area contributed by atoms with Gasteiger partial charge in [0.2, 0.25) is 12.4 Å². The molecular weight excluding hydrogens is 547 g/mol. The molecule has 2 aromatic carbocycles. The van der Waals surface area contributed by atoms with E-state index in [1.54, 1.807) is 7.05 Å². The molecule has 3 aromatic rings. The molecule has 4 nitrogen and oxygen atoms in total. The molecule has 1 aromatic heterocycles. The Balaban J connectivity index is 2.35. The highest BCUT2D eigenvalue weighted by molar-refractivity contribution is 9.11. The summed E-state index contributed by atoms with van der Waals surface area (Å²) in [5, 5.41) is 0.0891. The number of ketones is 1. The number of hydrogen-bond donors (Lipinski definition) is 0. The van der Waals surface area contributed by atoms with Gasteiger partial charge in [0, 0.05) is 10.0 Å². The Morgan fingerprint density at radius 2 is 2.00 bits per heavy atom. The van der Waals surface area contributed by atoms with Gasteiger partial charge in [0.05, 0.1) is 22.1 Å². The summed E-state index contributed by atoms with van der Waals surface area (Å²) < 4.78 is 46.8. The van der Waals surface area contributed by atoms with Crippen LogP contribution in [0.4, 0.5) is 13.2 Å². The molecule has 0 unspecified atom stereocenters. The van der Waals surface area contributed by atoms with Crippen molar-refractivity contribution in [2.45, 2.75) is 13.0 Å². The SMILES string of the molecule is Cn1c(=[N+]=S)n(CC(F)F)c2cc(Br)c(C(=O)c3cc(F)ccc3Cl)c(Br)c21. The molecule has 0 radical (unpaired) electrons. The maximum absolute atomic E-state index is 13.6. The third-order valence-electron chi connectivity index (χ3n) is 4.14. The van der Waals surface area contributed by atoms with Gasteiger partial charge in [-0.15, -0.1) is 0 Å². The van der Waals surface area contributed by atoms with E-state index in [9.17, 15) is 18.0 Å². The maximum atomic E-state index is 13.6. The smallest absolute Gasteiger partial charge is 0.288 e. The van der Waals surface area contributed by atoms with E-state index >= 15 is 0 Å². The average molecular weight is 557 g/mol. The molecule has 3 rings (SSSR count). The van der Waals surface area contributed by atoms with Crippen LogP contribution >= 0.6 is 43.5 Å². The van der Waals surface area contributed by atoms with Crippen LogP contribution in [0, 0.1) is 5.82 Å². The lowest BCUT2D eigenvalue weighted by Crippen LogP contribution is -2.28. The van der Waals surface area contributed by atoms with Crippen LogP contribution in [0.1, 0.15) is 15.9 Å². The van der Waals surface area contributed by atoms with Crippen molar-refractivity contribution in [3.05, 3.63) is 60.8 Å². The fourth-order valence-electron chi connectivity index (χ4n) is 2.95. The Bertz CT molecular complexity index is 1220. The molecule has 1 heterocycles. The summed E-state index contributed by atoms with van der Waals surface area (Å²) in [6, 6.07) is 5.00. The maximum Gasteiger partial charge on any atom is 0.468 e. The summed E-state index contributed by atoms with van der Waals surface area (Å²) in [5.74, 6) is -1.15. The molecule has 0 aliphatic carbocycles. The van der Waals surface area contributed by atoms with E-state index in [-0.39, 0.29) is 21.8 Å². The summed E-state index contributed by atoms with van der Waals surface area (Å²) in [4.78, 5) is 13.1. The van der Waals surface area contributed by atoms with Gasteiger partial charge < -0.3 is 0 Å². The van der Waals surface area contributed by atoms with E-state index in [0.717, 1.165) is 12.1 Å². The van der Waals surface area contributed by atoms with Crippen molar-refractivity contribution in [3.8, 4) is 0 Å². The van der Waals surface area contributed by atoms with Gasteiger partial charge in [-0.3, -0.25) is 4.79 Å². The molecule has 0 saturated heterocycles. The number of aromatic nitrogens is 2. The van der Waals surface area contributed by atoms with Crippen LogP contribution in [-0.4, -0.2) is 21.3 Å². The number of carbonyl (C=O) groups excluding carboxylic acids is 1. The molecular formula is C17H10Br2ClF3N3OS+. The molecule has 146 valence electrons. The third-order valence-corrected chi connectivity index (χ3v) is 6.03. The van der Waals surface area contributed by atoms with E-state index in [4.69, 9.17) is 24.0 Å². The second kappa shape index (κ2) is 8.12. The number of rotatable bonds is 4. The number of fused-ring (bicyclic) bond motifs is 1. The molecule has 0 N–H and O–H groups in total. The van der Waals surface area contributed by atoms with Gasteiger partial charge in [-0.1, -0.05) is 11.6 Å². The number of imidazole rings is 1. The summed E-state index contributed by atoms with van der Waals surface area (Å²) in [6.45, 7) is -0.616. The van der Waals surface area contributed by atoms with E-state index in [1.807, 2.05) is 0 Å². The number of nitrogens with zero attached hydrogens (tertiary/aromatic N) is 3. The molecule has 0 amide bonds. The van der Waals surface area contributed by atoms with Crippen LogP contribution in [0.15, 0.2) is 33.2 Å². The molecule has 0 atom stereocenters. The first-order valence-electron chi connectivity index (χ1n) is 7.68. The van der Waals surface area contributed by atoms with Gasteiger partial charge in [-0.05, 0) is 56.1 Å². The predicted octanol–water partition coefficient (Wildman–Crippen LogP) is 4.49. The normalized spacial score (nSPS) is 11.3. The number of benzene rings is 2. The summed E-state index contributed by atoms with van der Waals surface area (Å²) in [6.07, 6.45) is -2.63. The van der Waals surface area contributed by atoms with Crippen LogP contribution in [0.3, 0.4) is 0 Å². The Kier molecular flexibility index (Phi) is 6.17. The molecule has 11 heteroatoms. The van der Waals surface area contributed by atoms with Crippen LogP contribution in [0.5, 0.6) is 0 Å². The van der Waals surface area contributed by atoms with Crippen LogP contribution in [-0.2, 0) is 26.0 Å². The molecule has 0 spiro atoms. The minimum Gasteiger partial charge on any atom is -0.288 e. The van der Waals surface area contributed by atoms with Crippen molar-refractivity contribution in [2.24, 2.45) is 7.05 Å². The Morgan fingerprint density at radius 1 is 1.32 bits per heavy atom. The van der Waals surface area contributed by atoms with Crippen molar-refractivity contribution in [1.29, 1.82) is 0 Å². The third kappa shape index (κ3) is 3.59. The molecule has 0 aliphatic rings. The second-order valence-corrected chi connectivity index (χ2v) is 8.06. The van der Waals surface area contributed by atoms with E-state index < -0.39 is 24.6 Å². The van der Waals surface area contributed by atoms with Gasteiger partial charge in [-0.25, -0.2) is 22.3 Å². The number of hydrogen-bond acceptors (Lipinski definition) is 2. The summed E-state index contributed by atoms with van der Waals surface area (Å²) in [7, 11) is 1.59. The van der Waals surface area contributed by atoms with Crippen molar-refractivity contribution in [1.82, 2.24) is 13.2 Å². The molecule has 0 bridgehead atoms. The number of halogens is 6. The van der Waals surface area contributed by atoms with Gasteiger partial charge in [0.25, 0.3) is 6.43 Å². The van der Waals surface area contributed by atoms with Crippen LogP contribution < -0.4 is 9.66 Å². The largest absolute Gasteiger partial charge is 0.468 e. The standard InChI is InChI=1S/C17H10Br2ClF3N3OS/c1-25-15-11(26(6-12(22)23)17(25)24-28)5-9(18)13(14(15)19)16(27)8-4-7(21)2-3-10(8)20/h2-5,12H,6H2,1H3/q+1. The first-order chi connectivity index (χ1) is 13.2. The number of aryl methyl sites for hydroxylation is 1. The van der Waals surface area contributed by atoms with Gasteiger partial charge in [0.1, 0.15) is 17.9 Å². The average Bonchev–Trinajstić information content (AvgIpc) is 2.87. The van der Waals surface area contributed by atoms with E-state index in [0.29, 0.717) is 20.0 Å². The Labute approximate surface area is 184 Å². The molecule has 0 saturated carbocycles. The monoisotopic (exact) mass is 554 g/mol. The van der Waals surface area contributed by atoms with Gasteiger partial charge in [0.15, 0.2) is 11.3 Å². The molecule has 0 aliphatic heterocycles. The van der Waals surface area contributed by atoms with Gasteiger partial charge in [-0.2, -0.15) is 4.04 Å². The fourth-order valence-corrected chi connectivity index (χ4v) is 5.10. The minimum atomic E-state index is -2.63. The first kappa shape index (κ1) is 21.3. The number of carbonyl (C=O) groups is 1. The lowest BCUT2D eigenvalue weighted by Gasteiger charge is -2.09. The summed E-state index contributed by atoms with van der Waals surface area (Å²) in [5.41, 5.74) is 1.10. The van der Waals surface area contributed by atoms with Crippen LogP contribution in [0.2, 0.25) is 5.02 Å². The van der Waals surface area contributed by atoms with Gasteiger partial charge >= 0.3 is 5.62 Å². The Morgan fingerprint density at radius 3 is 2.61 bits per heavy atom. The zero-order valence-electron chi connectivity index (χ0n) is 14.0. The lowest BCUT2D eigenvalue weighted by atomic mass is 10.0. The zero-order valence-corrected chi connectivity index (χ0v) is 18.8. The first-order valence-corrected chi connectivity index (χ1v) is 10.0. The zero-order chi connectivity index (χ0) is 20.7. The predicted molar refractivity (Wildman–Crippen MR) is 110 cm³/mol. The topological polar surface area (TPSA) is 41.0 Å². The highest BCUT2D eigenvalue weighted by atomic mass is 79.9. The lowest BCUT2D eigenvalue weighted by molar-refractivity contribution is 0.103. The minimum absolute atomic E-state index is 0.0229. The van der Waals surface area contributed by atoms with E-state index in [1.165, 1.54) is 21.3 Å². The van der Waals surface area contributed by atoms with Crippen LogP contribution in [0.25, 0.3) is 11.0 Å². The fraction of sp³-hybridized carbons (Fsp3) is 0.176. The van der Waals surface area contributed by atoms with Crippen molar-refractivity contribution >= 4 is 72.7 Å². The second-order valence-electron chi connectivity index (χ2n) is 5.82. The van der Waals surface area contributed by atoms with Crippen molar-refractivity contribution < 1.29 is 18.0 Å². The van der Waals surface area contributed by atoms with Crippen molar-refractivity contribution in [3.63, 3.8) is 0 Å². The quantitative estimate of drug-likeness (QED) is 0.351. The molecule has 0 fully saturated rings. The van der Waals surface area contributed by atoms with Crippen molar-refractivity contribution in [2.75, 3.05) is 0 Å². The van der Waals surface area contributed by atoms with E-state index in [2.05, 4.69) is 35.9 Å².